The number of hydrogen-bond donors (Lipinski definition) is 7. The van der Waals surface area contributed by atoms with Gasteiger partial charge in [0.1, 0.15) is 54.9 Å². The summed E-state index contributed by atoms with van der Waals surface area (Å²) in [4.78, 5) is 13.0. The van der Waals surface area contributed by atoms with Crippen LogP contribution in [0.2, 0.25) is 0 Å². The third-order valence-corrected chi connectivity index (χ3v) is 11.5. The molecule has 2 aliphatic heterocycles. The Hall–Kier alpha value is -2.31. The third-order valence-electron chi connectivity index (χ3n) is 11.5. The summed E-state index contributed by atoms with van der Waals surface area (Å²) in [5.74, 6) is -0.396. The first-order chi connectivity index (χ1) is 31.6. The van der Waals surface area contributed by atoms with Gasteiger partial charge in [0.2, 0.25) is 0 Å². The normalized spacial score (nSPS) is 27.0. The van der Waals surface area contributed by atoms with E-state index >= 15 is 0 Å². The van der Waals surface area contributed by atoms with Gasteiger partial charge in [0.25, 0.3) is 0 Å². The van der Waals surface area contributed by atoms with Crippen LogP contribution >= 0.6 is 0 Å². The highest BCUT2D eigenvalue weighted by molar-refractivity contribution is 5.69. The standard InChI is InChI=1S/C51H88O14/c1-3-5-7-9-11-13-15-17-18-19-20-21-23-25-27-29-31-33-35-60-37-40(63-43(53)34-32-30-28-26-24-22-16-14-12-10-8-6-4-2)38-61-50-49(59)47(57)45(55)42(65-50)39-62-51-48(58)46(56)44(54)41(36-52)64-51/h5,7,11,13-14,16-18,20-21,40-42,44-52,54-59H,3-4,6,8-10,12,15,19,22-39H2,1-2H3/b7-5-,13-11-,16-14-,18-17-,21-20-. The van der Waals surface area contributed by atoms with Crippen molar-refractivity contribution >= 4 is 5.97 Å². The molecule has 0 spiro atoms. The van der Waals surface area contributed by atoms with Crippen LogP contribution in [-0.4, -0.2) is 142 Å². The first-order valence-corrected chi connectivity index (χ1v) is 24.9. The van der Waals surface area contributed by atoms with Gasteiger partial charge < -0.3 is 64.2 Å². The molecule has 11 unspecified atom stereocenters. The Morgan fingerprint density at radius 1 is 0.523 bits per heavy atom. The molecule has 2 heterocycles. The van der Waals surface area contributed by atoms with Gasteiger partial charge in [-0.2, -0.15) is 0 Å². The van der Waals surface area contributed by atoms with Crippen LogP contribution in [-0.2, 0) is 33.2 Å². The summed E-state index contributed by atoms with van der Waals surface area (Å²) >= 11 is 0. The van der Waals surface area contributed by atoms with Crippen molar-refractivity contribution in [3.8, 4) is 0 Å². The van der Waals surface area contributed by atoms with E-state index in [4.69, 9.17) is 28.4 Å². The molecule has 2 saturated heterocycles. The summed E-state index contributed by atoms with van der Waals surface area (Å²) in [7, 11) is 0. The van der Waals surface area contributed by atoms with Gasteiger partial charge in [-0.15, -0.1) is 0 Å². The predicted molar refractivity (Wildman–Crippen MR) is 252 cm³/mol. The van der Waals surface area contributed by atoms with Crippen molar-refractivity contribution in [1.29, 1.82) is 0 Å². The molecule has 0 radical (unpaired) electrons. The highest BCUT2D eigenvalue weighted by atomic mass is 16.7. The zero-order valence-electron chi connectivity index (χ0n) is 39.7. The molecule has 14 heteroatoms. The second-order valence-electron chi connectivity index (χ2n) is 17.3. The Kier molecular flexibility index (Phi) is 35.0. The van der Waals surface area contributed by atoms with Crippen LogP contribution in [0.3, 0.4) is 0 Å². The molecule has 2 fully saturated rings. The molecule has 0 aliphatic carbocycles. The quantitative estimate of drug-likeness (QED) is 0.0190. The smallest absolute Gasteiger partial charge is 0.306 e. The van der Waals surface area contributed by atoms with E-state index in [1.807, 2.05) is 0 Å². The number of hydrogen-bond acceptors (Lipinski definition) is 14. The van der Waals surface area contributed by atoms with Gasteiger partial charge in [-0.1, -0.05) is 132 Å². The summed E-state index contributed by atoms with van der Waals surface area (Å²) in [6.07, 6.45) is 28.5. The zero-order chi connectivity index (χ0) is 47.3. The average Bonchev–Trinajstić information content (AvgIpc) is 3.30. The summed E-state index contributed by atoms with van der Waals surface area (Å²) in [6.45, 7) is 3.48. The maximum Gasteiger partial charge on any atom is 0.306 e. The molecule has 0 aromatic carbocycles. The summed E-state index contributed by atoms with van der Waals surface area (Å²) in [5, 5.41) is 72.0. The number of carbonyl (C=O) groups excluding carboxylic acids is 1. The molecule has 2 aliphatic rings. The van der Waals surface area contributed by atoms with E-state index in [2.05, 4.69) is 74.6 Å². The fourth-order valence-corrected chi connectivity index (χ4v) is 7.45. The Bertz CT molecular complexity index is 1300. The Labute approximate surface area is 390 Å². The van der Waals surface area contributed by atoms with Gasteiger partial charge in [-0.05, 0) is 77.0 Å². The molecule has 0 saturated carbocycles. The lowest BCUT2D eigenvalue weighted by Crippen LogP contribution is -2.61. The molecule has 14 nitrogen and oxygen atoms in total. The lowest BCUT2D eigenvalue weighted by atomic mass is 9.98. The van der Waals surface area contributed by atoms with Gasteiger partial charge in [0.15, 0.2) is 12.6 Å². The van der Waals surface area contributed by atoms with Crippen LogP contribution in [0.15, 0.2) is 60.8 Å². The first kappa shape index (κ1) is 58.8. The lowest BCUT2D eigenvalue weighted by Gasteiger charge is -2.42. The molecule has 376 valence electrons. The van der Waals surface area contributed by atoms with Gasteiger partial charge in [-0.3, -0.25) is 4.79 Å². The number of carbonyl (C=O) groups is 1. The highest BCUT2D eigenvalue weighted by Gasteiger charge is 2.47. The van der Waals surface area contributed by atoms with E-state index in [-0.39, 0.29) is 19.6 Å². The molecule has 0 aromatic rings. The molecule has 11 atom stereocenters. The molecule has 0 amide bonds. The Morgan fingerprint density at radius 3 is 1.58 bits per heavy atom. The third kappa shape index (κ3) is 26.7. The van der Waals surface area contributed by atoms with Crippen LogP contribution in [0.5, 0.6) is 0 Å². The van der Waals surface area contributed by atoms with Crippen LogP contribution < -0.4 is 0 Å². The zero-order valence-corrected chi connectivity index (χ0v) is 39.7. The predicted octanol–water partition coefficient (Wildman–Crippen LogP) is 6.96. The van der Waals surface area contributed by atoms with Crippen molar-refractivity contribution in [2.24, 2.45) is 0 Å². The molecule has 0 aromatic heterocycles. The van der Waals surface area contributed by atoms with E-state index in [1.165, 1.54) is 25.7 Å². The van der Waals surface area contributed by atoms with Crippen molar-refractivity contribution in [2.75, 3.05) is 33.0 Å². The SMILES string of the molecule is CC/C=C\C/C=C\C/C=C\C/C=C\CCCCCCCOCC(COC1OC(COC2OC(CO)C(O)C(O)C2O)C(O)C(O)C1O)OC(=O)CCCCCCC/C=C\CCCCCC. The summed E-state index contributed by atoms with van der Waals surface area (Å²) in [6, 6.07) is 0. The Morgan fingerprint density at radius 2 is 1.00 bits per heavy atom. The minimum Gasteiger partial charge on any atom is -0.457 e. The number of unbranched alkanes of at least 4 members (excludes halogenated alkanes) is 14. The van der Waals surface area contributed by atoms with Gasteiger partial charge in [0, 0.05) is 13.0 Å². The van der Waals surface area contributed by atoms with Gasteiger partial charge in [-0.25, -0.2) is 0 Å². The minimum absolute atomic E-state index is 0.0430. The molecule has 7 N–H and O–H groups in total. The number of ether oxygens (including phenoxy) is 6. The van der Waals surface area contributed by atoms with E-state index in [0.29, 0.717) is 13.0 Å². The average molecular weight is 925 g/mol. The number of aliphatic hydroxyl groups excluding tert-OH is 7. The monoisotopic (exact) mass is 925 g/mol. The minimum atomic E-state index is -1.71. The van der Waals surface area contributed by atoms with Crippen molar-refractivity contribution in [3.63, 3.8) is 0 Å². The lowest BCUT2D eigenvalue weighted by molar-refractivity contribution is -0.332. The van der Waals surface area contributed by atoms with Crippen molar-refractivity contribution in [3.05, 3.63) is 60.8 Å². The molecular weight excluding hydrogens is 837 g/mol. The second-order valence-corrected chi connectivity index (χ2v) is 17.3. The molecular formula is C51H88O14. The number of aliphatic hydroxyl groups is 7. The van der Waals surface area contributed by atoms with E-state index in [1.54, 1.807) is 0 Å². The highest BCUT2D eigenvalue weighted by Crippen LogP contribution is 2.26. The maximum absolute atomic E-state index is 13.0. The molecule has 65 heavy (non-hydrogen) atoms. The van der Waals surface area contributed by atoms with Crippen LogP contribution in [0.4, 0.5) is 0 Å². The van der Waals surface area contributed by atoms with Crippen molar-refractivity contribution in [1.82, 2.24) is 0 Å². The molecule has 2 rings (SSSR count). The topological polar surface area (TPSA) is 214 Å². The largest absolute Gasteiger partial charge is 0.457 e. The van der Waals surface area contributed by atoms with E-state index in [9.17, 15) is 40.5 Å². The molecule has 0 bridgehead atoms. The fraction of sp³-hybridized carbons (Fsp3) is 0.784. The van der Waals surface area contributed by atoms with Gasteiger partial charge >= 0.3 is 5.97 Å². The van der Waals surface area contributed by atoms with Crippen LogP contribution in [0.25, 0.3) is 0 Å². The van der Waals surface area contributed by atoms with E-state index < -0.39 is 86.7 Å². The van der Waals surface area contributed by atoms with Crippen molar-refractivity contribution < 1.29 is 69.0 Å². The van der Waals surface area contributed by atoms with Crippen LogP contribution in [0, 0.1) is 0 Å². The summed E-state index contributed by atoms with van der Waals surface area (Å²) in [5.41, 5.74) is 0. The van der Waals surface area contributed by atoms with Crippen LogP contribution in [0.1, 0.15) is 155 Å². The summed E-state index contributed by atoms with van der Waals surface area (Å²) < 4.78 is 34.2. The first-order valence-electron chi connectivity index (χ1n) is 24.9. The number of esters is 1. The fourth-order valence-electron chi connectivity index (χ4n) is 7.45. The second kappa shape index (κ2) is 38.6. The Balaban J connectivity index is 1.79. The maximum atomic E-state index is 13.0. The van der Waals surface area contributed by atoms with Gasteiger partial charge in [0.05, 0.1) is 26.4 Å². The number of allylic oxidation sites excluding steroid dienone is 10. The van der Waals surface area contributed by atoms with Crippen molar-refractivity contribution in [2.45, 2.75) is 223 Å². The number of rotatable bonds is 38. The van der Waals surface area contributed by atoms with E-state index in [0.717, 1.165) is 103 Å².